The van der Waals surface area contributed by atoms with Crippen LogP contribution in [0.5, 0.6) is 0 Å². The van der Waals surface area contributed by atoms with Gasteiger partial charge in [0.2, 0.25) is 0 Å². The third kappa shape index (κ3) is 4.50. The molecule has 0 saturated carbocycles. The first-order valence-corrected chi connectivity index (χ1v) is 7.46. The lowest BCUT2D eigenvalue weighted by atomic mass is 10.0. The van der Waals surface area contributed by atoms with Crippen molar-refractivity contribution >= 4 is 39.1 Å². The molecular weight excluding hydrogens is 347 g/mol. The van der Waals surface area contributed by atoms with E-state index in [0.717, 1.165) is 15.6 Å². The molecule has 2 aromatic carbocycles. The van der Waals surface area contributed by atoms with E-state index in [1.54, 1.807) is 0 Å². The second kappa shape index (κ2) is 6.76. The van der Waals surface area contributed by atoms with E-state index in [2.05, 4.69) is 15.9 Å². The fourth-order valence-electron chi connectivity index (χ4n) is 1.95. The smallest absolute Gasteiger partial charge is 0.0621 e. The van der Waals surface area contributed by atoms with Gasteiger partial charge >= 0.3 is 0 Å². The molecule has 19 heavy (non-hydrogen) atoms. The fourth-order valence-corrected chi connectivity index (χ4v) is 2.91. The molecule has 1 atom stereocenters. The summed E-state index contributed by atoms with van der Waals surface area (Å²) >= 11 is 15.4. The second-order valence-electron chi connectivity index (χ2n) is 4.43. The van der Waals surface area contributed by atoms with Crippen LogP contribution in [0, 0.1) is 0 Å². The number of aliphatic hydroxyl groups is 1. The van der Waals surface area contributed by atoms with E-state index >= 15 is 0 Å². The molecule has 100 valence electrons. The Kier molecular flexibility index (Phi) is 5.28. The van der Waals surface area contributed by atoms with Crippen molar-refractivity contribution in [3.05, 3.63) is 68.1 Å². The van der Waals surface area contributed by atoms with Gasteiger partial charge < -0.3 is 5.11 Å². The quantitative estimate of drug-likeness (QED) is 0.822. The molecule has 4 heteroatoms. The van der Waals surface area contributed by atoms with Gasteiger partial charge in [-0.15, -0.1) is 0 Å². The molecule has 0 amide bonds. The molecule has 1 unspecified atom stereocenters. The van der Waals surface area contributed by atoms with Crippen LogP contribution in [-0.2, 0) is 12.8 Å². The van der Waals surface area contributed by atoms with Gasteiger partial charge in [-0.2, -0.15) is 0 Å². The largest absolute Gasteiger partial charge is 0.392 e. The fraction of sp³-hybridized carbons (Fsp3) is 0.200. The highest BCUT2D eigenvalue weighted by Gasteiger charge is 2.10. The number of hydrogen-bond acceptors (Lipinski definition) is 1. The van der Waals surface area contributed by atoms with E-state index in [4.69, 9.17) is 23.2 Å². The van der Waals surface area contributed by atoms with Gasteiger partial charge in [0.15, 0.2) is 0 Å². The normalized spacial score (nSPS) is 12.4. The van der Waals surface area contributed by atoms with Crippen LogP contribution in [0.25, 0.3) is 0 Å². The van der Waals surface area contributed by atoms with Crippen LogP contribution >= 0.6 is 39.1 Å². The van der Waals surface area contributed by atoms with Crippen LogP contribution in [-0.4, -0.2) is 11.2 Å². The van der Waals surface area contributed by atoms with Crippen molar-refractivity contribution in [2.45, 2.75) is 18.9 Å². The third-order valence-corrected chi connectivity index (χ3v) is 3.91. The zero-order chi connectivity index (χ0) is 13.8. The van der Waals surface area contributed by atoms with Crippen molar-refractivity contribution in [2.24, 2.45) is 0 Å². The SMILES string of the molecule is OC(Cc1cccc(Cl)c1)Cc1ccc(Br)cc1Cl. The van der Waals surface area contributed by atoms with E-state index in [9.17, 15) is 5.11 Å². The first kappa shape index (κ1) is 14.9. The standard InChI is InChI=1S/C15H13BrCl2O/c16-12-5-4-11(15(18)9-12)8-14(19)7-10-2-1-3-13(17)6-10/h1-6,9,14,19H,7-8H2. The highest BCUT2D eigenvalue weighted by molar-refractivity contribution is 9.10. The van der Waals surface area contributed by atoms with Crippen molar-refractivity contribution in [3.8, 4) is 0 Å². The minimum absolute atomic E-state index is 0.475. The number of benzene rings is 2. The molecule has 0 aromatic heterocycles. The van der Waals surface area contributed by atoms with E-state index in [1.165, 1.54) is 0 Å². The van der Waals surface area contributed by atoms with Gasteiger partial charge in [-0.25, -0.2) is 0 Å². The average molecular weight is 360 g/mol. The molecule has 0 aliphatic heterocycles. The molecule has 1 nitrogen and oxygen atoms in total. The van der Waals surface area contributed by atoms with Gasteiger partial charge in [-0.05, 0) is 41.8 Å². The lowest BCUT2D eigenvalue weighted by molar-refractivity contribution is 0.175. The predicted octanol–water partition coefficient (Wildman–Crippen LogP) is 4.90. The summed E-state index contributed by atoms with van der Waals surface area (Å²) in [5.74, 6) is 0. The van der Waals surface area contributed by atoms with Gasteiger partial charge in [-0.1, -0.05) is 57.3 Å². The molecule has 0 aliphatic rings. The van der Waals surface area contributed by atoms with Crippen LogP contribution in [0.3, 0.4) is 0 Å². The molecule has 2 rings (SSSR count). The van der Waals surface area contributed by atoms with Crippen molar-refractivity contribution < 1.29 is 5.11 Å². The van der Waals surface area contributed by atoms with E-state index < -0.39 is 6.10 Å². The minimum Gasteiger partial charge on any atom is -0.392 e. The zero-order valence-corrected chi connectivity index (χ0v) is 13.2. The number of hydrogen-bond donors (Lipinski definition) is 1. The Morgan fingerprint density at radius 2 is 1.84 bits per heavy atom. The molecule has 0 aliphatic carbocycles. The van der Waals surface area contributed by atoms with Gasteiger partial charge in [0.1, 0.15) is 0 Å². The Hall–Kier alpha value is -0.540. The van der Waals surface area contributed by atoms with Crippen LogP contribution in [0.4, 0.5) is 0 Å². The van der Waals surface area contributed by atoms with Crippen LogP contribution < -0.4 is 0 Å². The van der Waals surface area contributed by atoms with Crippen molar-refractivity contribution in [3.63, 3.8) is 0 Å². The summed E-state index contributed by atoms with van der Waals surface area (Å²) in [5.41, 5.74) is 1.97. The highest BCUT2D eigenvalue weighted by atomic mass is 79.9. The van der Waals surface area contributed by atoms with Crippen LogP contribution in [0.1, 0.15) is 11.1 Å². The van der Waals surface area contributed by atoms with E-state index in [0.29, 0.717) is 22.9 Å². The number of halogens is 3. The first-order chi connectivity index (χ1) is 9.04. The molecule has 1 N–H and O–H groups in total. The molecule has 0 radical (unpaired) electrons. The molecule has 0 heterocycles. The molecule has 2 aromatic rings. The summed E-state index contributed by atoms with van der Waals surface area (Å²) in [6.07, 6.45) is 0.614. The maximum Gasteiger partial charge on any atom is 0.0621 e. The second-order valence-corrected chi connectivity index (χ2v) is 6.19. The molecular formula is C15H13BrCl2O. The predicted molar refractivity (Wildman–Crippen MR) is 84.0 cm³/mol. The highest BCUT2D eigenvalue weighted by Crippen LogP contribution is 2.23. The Labute approximate surface area is 131 Å². The number of aliphatic hydroxyl groups excluding tert-OH is 1. The monoisotopic (exact) mass is 358 g/mol. The summed E-state index contributed by atoms with van der Waals surface area (Å²) in [4.78, 5) is 0. The Bertz CT molecular complexity index is 572. The summed E-state index contributed by atoms with van der Waals surface area (Å²) in [5, 5.41) is 11.5. The average Bonchev–Trinajstić information content (AvgIpc) is 2.33. The van der Waals surface area contributed by atoms with Crippen molar-refractivity contribution in [1.29, 1.82) is 0 Å². The summed E-state index contributed by atoms with van der Waals surface area (Å²) < 4.78 is 0.936. The molecule has 0 saturated heterocycles. The minimum atomic E-state index is -0.475. The van der Waals surface area contributed by atoms with Gasteiger partial charge in [0.25, 0.3) is 0 Å². The van der Waals surface area contributed by atoms with Crippen molar-refractivity contribution in [2.75, 3.05) is 0 Å². The van der Waals surface area contributed by atoms with Crippen molar-refractivity contribution in [1.82, 2.24) is 0 Å². The number of rotatable bonds is 4. The zero-order valence-electron chi connectivity index (χ0n) is 10.1. The van der Waals surface area contributed by atoms with E-state index in [-0.39, 0.29) is 0 Å². The summed E-state index contributed by atoms with van der Waals surface area (Å²) in [6.45, 7) is 0. The third-order valence-electron chi connectivity index (χ3n) is 2.83. The van der Waals surface area contributed by atoms with Gasteiger partial charge in [0.05, 0.1) is 6.10 Å². The van der Waals surface area contributed by atoms with Crippen LogP contribution in [0.15, 0.2) is 46.9 Å². The molecule has 0 fully saturated rings. The molecule has 0 spiro atoms. The molecule has 0 bridgehead atoms. The lowest BCUT2D eigenvalue weighted by Gasteiger charge is -2.12. The Morgan fingerprint density at radius 3 is 2.53 bits per heavy atom. The van der Waals surface area contributed by atoms with Crippen LogP contribution in [0.2, 0.25) is 10.0 Å². The maximum absolute atomic E-state index is 10.1. The maximum atomic E-state index is 10.1. The van der Waals surface area contributed by atoms with Gasteiger partial charge in [0, 0.05) is 20.9 Å². The Balaban J connectivity index is 2.03. The Morgan fingerprint density at radius 1 is 1.05 bits per heavy atom. The van der Waals surface area contributed by atoms with Gasteiger partial charge in [-0.3, -0.25) is 0 Å². The summed E-state index contributed by atoms with van der Waals surface area (Å²) in [6, 6.07) is 13.2. The summed E-state index contributed by atoms with van der Waals surface area (Å²) in [7, 11) is 0. The topological polar surface area (TPSA) is 20.2 Å². The van der Waals surface area contributed by atoms with E-state index in [1.807, 2.05) is 42.5 Å². The lowest BCUT2D eigenvalue weighted by Crippen LogP contribution is -2.14. The first-order valence-electron chi connectivity index (χ1n) is 5.91.